The van der Waals surface area contributed by atoms with Gasteiger partial charge in [-0.1, -0.05) is 0 Å². The van der Waals surface area contributed by atoms with Crippen molar-refractivity contribution < 1.29 is 4.74 Å². The molecule has 7 heteroatoms. The van der Waals surface area contributed by atoms with Crippen molar-refractivity contribution in [3.05, 3.63) is 12.2 Å². The fraction of sp³-hybridized carbons (Fsp3) is 0.615. The van der Waals surface area contributed by atoms with Crippen LogP contribution in [0.25, 0.3) is 11.2 Å². The monoisotopic (exact) mass is 314 g/mol. The van der Waals surface area contributed by atoms with Crippen LogP contribution >= 0.6 is 23.4 Å². The lowest BCUT2D eigenvalue weighted by Crippen LogP contribution is -2.11. The zero-order valence-electron chi connectivity index (χ0n) is 12.0. The summed E-state index contributed by atoms with van der Waals surface area (Å²) in [6, 6.07) is 0.324. The summed E-state index contributed by atoms with van der Waals surface area (Å²) in [4.78, 5) is 13.1. The number of fused-ring (bicyclic) bond motifs is 1. The summed E-state index contributed by atoms with van der Waals surface area (Å²) >= 11 is 7.74. The van der Waals surface area contributed by atoms with E-state index in [1.165, 1.54) is 6.33 Å². The molecule has 2 heterocycles. The molecule has 5 nitrogen and oxygen atoms in total. The lowest BCUT2D eigenvalue weighted by molar-refractivity contribution is 0.401. The van der Waals surface area contributed by atoms with Crippen molar-refractivity contribution in [1.29, 1.82) is 0 Å². The third kappa shape index (κ3) is 3.01. The number of methoxy groups -OCH3 is 1. The molecule has 0 radical (unpaired) electrons. The summed E-state index contributed by atoms with van der Waals surface area (Å²) < 4.78 is 7.44. The molecule has 0 saturated heterocycles. The molecule has 2 rings (SSSR count). The molecule has 1 unspecified atom stereocenters. The number of imidazole rings is 1. The number of thioether (sulfide) groups is 1. The smallest absolute Gasteiger partial charge is 0.245 e. The number of aryl methyl sites for hydroxylation is 1. The third-order valence-electron chi connectivity index (χ3n) is 3.21. The minimum absolute atomic E-state index is 0.324. The first kappa shape index (κ1) is 15.4. The van der Waals surface area contributed by atoms with Crippen LogP contribution in [-0.2, 0) is 6.42 Å². The molecule has 0 bridgehead atoms. The van der Waals surface area contributed by atoms with Gasteiger partial charge in [0.25, 0.3) is 0 Å². The Kier molecular flexibility index (Phi) is 5.48. The number of hydrogen-bond donors (Lipinski definition) is 0. The minimum atomic E-state index is 0.324. The lowest BCUT2D eigenvalue weighted by Gasteiger charge is -2.16. The molecular formula is C13H19ClN4OS. The Morgan fingerprint density at radius 1 is 1.45 bits per heavy atom. The highest BCUT2D eigenvalue weighted by Gasteiger charge is 2.19. The summed E-state index contributed by atoms with van der Waals surface area (Å²) in [5.41, 5.74) is 1.54. The molecule has 0 N–H and O–H groups in total. The van der Waals surface area contributed by atoms with E-state index in [4.69, 9.17) is 16.3 Å². The zero-order chi connectivity index (χ0) is 14.5. The Balaban J connectivity index is 2.51. The van der Waals surface area contributed by atoms with Gasteiger partial charge in [-0.25, -0.2) is 9.97 Å². The van der Waals surface area contributed by atoms with Gasteiger partial charge in [0.2, 0.25) is 5.88 Å². The molecule has 0 aliphatic heterocycles. The van der Waals surface area contributed by atoms with Gasteiger partial charge in [-0.3, -0.25) is 0 Å². The van der Waals surface area contributed by atoms with Crippen molar-refractivity contribution in [1.82, 2.24) is 19.5 Å². The highest BCUT2D eigenvalue weighted by atomic mass is 35.5. The predicted molar refractivity (Wildman–Crippen MR) is 84.0 cm³/mol. The molecule has 0 aliphatic carbocycles. The fourth-order valence-electron chi connectivity index (χ4n) is 2.22. The average Bonchev–Trinajstić information content (AvgIpc) is 2.83. The first-order valence-electron chi connectivity index (χ1n) is 6.53. The number of ether oxygens (including phenoxy) is 1. The zero-order valence-corrected chi connectivity index (χ0v) is 13.5. The number of halogens is 1. The van der Waals surface area contributed by atoms with Crippen molar-refractivity contribution in [2.45, 2.75) is 25.8 Å². The van der Waals surface area contributed by atoms with E-state index < -0.39 is 0 Å². The molecule has 110 valence electrons. The normalized spacial score (nSPS) is 12.8. The van der Waals surface area contributed by atoms with Crippen molar-refractivity contribution in [2.24, 2.45) is 0 Å². The van der Waals surface area contributed by atoms with Crippen LogP contribution in [0.2, 0.25) is 0 Å². The highest BCUT2D eigenvalue weighted by Crippen LogP contribution is 2.27. The van der Waals surface area contributed by atoms with Crippen LogP contribution in [0.4, 0.5) is 0 Å². The van der Waals surface area contributed by atoms with E-state index in [1.54, 1.807) is 7.11 Å². The molecule has 20 heavy (non-hydrogen) atoms. The summed E-state index contributed by atoms with van der Waals surface area (Å²) in [5.74, 6) is 3.10. The summed E-state index contributed by atoms with van der Waals surface area (Å²) in [5, 5.41) is 0. The second kappa shape index (κ2) is 7.13. The molecule has 0 saturated carbocycles. The Morgan fingerprint density at radius 2 is 2.25 bits per heavy atom. The van der Waals surface area contributed by atoms with E-state index in [-0.39, 0.29) is 0 Å². The highest BCUT2D eigenvalue weighted by molar-refractivity contribution is 7.98. The van der Waals surface area contributed by atoms with Gasteiger partial charge in [0, 0.05) is 18.3 Å². The second-order valence-corrected chi connectivity index (χ2v) is 5.89. The molecule has 1 atom stereocenters. The van der Waals surface area contributed by atoms with Gasteiger partial charge in [0.1, 0.15) is 12.2 Å². The van der Waals surface area contributed by atoms with E-state index in [1.807, 2.05) is 11.8 Å². The summed E-state index contributed by atoms with van der Waals surface area (Å²) in [6.45, 7) is 2.18. The molecule has 2 aromatic heterocycles. The largest absolute Gasteiger partial charge is 0.479 e. The quantitative estimate of drug-likeness (QED) is 0.735. The van der Waals surface area contributed by atoms with Crippen molar-refractivity contribution >= 4 is 34.5 Å². The maximum absolute atomic E-state index is 5.89. The molecule has 2 aromatic rings. The minimum Gasteiger partial charge on any atom is -0.479 e. The third-order valence-corrected chi connectivity index (χ3v) is 4.04. The van der Waals surface area contributed by atoms with Gasteiger partial charge >= 0.3 is 0 Å². The van der Waals surface area contributed by atoms with Crippen LogP contribution in [0.3, 0.4) is 0 Å². The number of alkyl halides is 1. The number of aromatic nitrogens is 4. The van der Waals surface area contributed by atoms with E-state index in [0.29, 0.717) is 29.7 Å². The Morgan fingerprint density at radius 3 is 2.90 bits per heavy atom. The first-order valence-corrected chi connectivity index (χ1v) is 8.46. The van der Waals surface area contributed by atoms with Crippen molar-refractivity contribution in [3.63, 3.8) is 0 Å². The summed E-state index contributed by atoms with van der Waals surface area (Å²) in [6.07, 6.45) is 5.41. The maximum atomic E-state index is 5.89. The van der Waals surface area contributed by atoms with Gasteiger partial charge in [-0.2, -0.15) is 16.7 Å². The van der Waals surface area contributed by atoms with Crippen LogP contribution in [0, 0.1) is 0 Å². The van der Waals surface area contributed by atoms with E-state index >= 15 is 0 Å². The molecular weight excluding hydrogens is 296 g/mol. The molecule has 0 spiro atoms. The van der Waals surface area contributed by atoms with Crippen LogP contribution in [0.1, 0.15) is 25.2 Å². The topological polar surface area (TPSA) is 52.8 Å². The Hall–Kier alpha value is -1.01. The van der Waals surface area contributed by atoms with Gasteiger partial charge in [0.15, 0.2) is 11.2 Å². The van der Waals surface area contributed by atoms with Gasteiger partial charge in [-0.15, -0.1) is 11.6 Å². The molecule has 0 aliphatic rings. The van der Waals surface area contributed by atoms with Gasteiger partial charge in [-0.05, 0) is 25.4 Å². The average molecular weight is 315 g/mol. The van der Waals surface area contributed by atoms with Gasteiger partial charge < -0.3 is 9.30 Å². The van der Waals surface area contributed by atoms with Crippen molar-refractivity contribution in [3.8, 4) is 5.88 Å². The molecule has 0 amide bonds. The lowest BCUT2D eigenvalue weighted by atomic mass is 10.2. The number of hydrogen-bond acceptors (Lipinski definition) is 5. The molecule has 0 fully saturated rings. The summed E-state index contributed by atoms with van der Waals surface area (Å²) in [7, 11) is 1.60. The van der Waals surface area contributed by atoms with E-state index in [0.717, 1.165) is 23.6 Å². The predicted octanol–water partition coefficient (Wildman–Crippen LogP) is 2.93. The van der Waals surface area contributed by atoms with Crippen LogP contribution in [0.5, 0.6) is 5.88 Å². The fourth-order valence-corrected chi connectivity index (χ4v) is 2.97. The Labute approximate surface area is 128 Å². The Bertz CT molecular complexity index is 575. The van der Waals surface area contributed by atoms with E-state index in [2.05, 4.69) is 32.7 Å². The van der Waals surface area contributed by atoms with Gasteiger partial charge in [0.05, 0.1) is 7.11 Å². The number of rotatable bonds is 7. The first-order chi connectivity index (χ1) is 9.72. The van der Waals surface area contributed by atoms with Crippen molar-refractivity contribution in [2.75, 3.05) is 25.0 Å². The van der Waals surface area contributed by atoms with Crippen LogP contribution < -0.4 is 4.74 Å². The SMILES string of the molecule is COc1ncnc2c1nc(CCCl)n2C(C)CCSC. The standard InChI is InChI=1S/C13H19ClN4OS/c1-9(5-7-20-3)18-10(4-6-14)17-11-12(18)15-8-16-13(11)19-2/h8-9H,4-7H2,1-3H3. The number of nitrogens with zero attached hydrogens (tertiary/aromatic N) is 4. The maximum Gasteiger partial charge on any atom is 0.245 e. The van der Waals surface area contributed by atoms with E-state index in [9.17, 15) is 0 Å². The molecule has 0 aromatic carbocycles. The van der Waals surface area contributed by atoms with Crippen LogP contribution in [0.15, 0.2) is 6.33 Å². The van der Waals surface area contributed by atoms with Crippen LogP contribution in [-0.4, -0.2) is 44.5 Å². The second-order valence-electron chi connectivity index (χ2n) is 4.52.